The zero-order valence-electron chi connectivity index (χ0n) is 12.3. The average Bonchev–Trinajstić information content (AvgIpc) is 2.49. The standard InChI is InChI=1S/C15H16O7/c1-7(2)11(17)15(19)22-14-9(20-3)6-8-4-5-10(16)21-13(8)12(14)18/h4-7,11,17-18H,1-3H3. The molecule has 1 unspecified atom stereocenters. The molecule has 118 valence electrons. The van der Waals surface area contributed by atoms with Crippen molar-refractivity contribution in [1.29, 1.82) is 0 Å². The smallest absolute Gasteiger partial charge is 0.340 e. The Kier molecular flexibility index (Phi) is 4.37. The molecule has 1 atom stereocenters. The molecule has 1 heterocycles. The van der Waals surface area contributed by atoms with Crippen LogP contribution in [0.4, 0.5) is 0 Å². The van der Waals surface area contributed by atoms with Crippen LogP contribution in [0.3, 0.4) is 0 Å². The summed E-state index contributed by atoms with van der Waals surface area (Å²) < 4.78 is 15.0. The van der Waals surface area contributed by atoms with Gasteiger partial charge in [0, 0.05) is 11.5 Å². The molecule has 0 saturated carbocycles. The van der Waals surface area contributed by atoms with E-state index in [1.807, 2.05) is 0 Å². The second kappa shape index (κ2) is 6.07. The number of fused-ring (bicyclic) bond motifs is 1. The van der Waals surface area contributed by atoms with E-state index in [0.29, 0.717) is 5.39 Å². The Hall–Kier alpha value is -2.54. The number of rotatable bonds is 4. The molecule has 0 radical (unpaired) electrons. The highest BCUT2D eigenvalue weighted by Gasteiger charge is 2.26. The SMILES string of the molecule is COc1cc2ccc(=O)oc2c(O)c1OC(=O)C(O)C(C)C. The van der Waals surface area contributed by atoms with Crippen molar-refractivity contribution in [2.75, 3.05) is 7.11 Å². The number of carbonyl (C=O) groups excluding carboxylic acids is 1. The summed E-state index contributed by atoms with van der Waals surface area (Å²) >= 11 is 0. The van der Waals surface area contributed by atoms with Crippen molar-refractivity contribution >= 4 is 16.9 Å². The molecule has 0 spiro atoms. The summed E-state index contributed by atoms with van der Waals surface area (Å²) in [5.74, 6) is -2.09. The van der Waals surface area contributed by atoms with Crippen LogP contribution in [0.15, 0.2) is 27.4 Å². The van der Waals surface area contributed by atoms with Crippen molar-refractivity contribution in [1.82, 2.24) is 0 Å². The Labute approximate surface area is 125 Å². The fourth-order valence-corrected chi connectivity index (χ4v) is 1.84. The lowest BCUT2D eigenvalue weighted by molar-refractivity contribution is -0.146. The molecule has 22 heavy (non-hydrogen) atoms. The van der Waals surface area contributed by atoms with Crippen LogP contribution in [-0.4, -0.2) is 29.4 Å². The topological polar surface area (TPSA) is 106 Å². The van der Waals surface area contributed by atoms with Crippen LogP contribution in [0.1, 0.15) is 13.8 Å². The molecule has 0 aliphatic heterocycles. The molecule has 0 fully saturated rings. The predicted molar refractivity (Wildman–Crippen MR) is 77.2 cm³/mol. The average molecular weight is 308 g/mol. The van der Waals surface area contributed by atoms with Gasteiger partial charge < -0.3 is 24.1 Å². The molecule has 0 amide bonds. The van der Waals surface area contributed by atoms with E-state index in [1.165, 1.54) is 25.3 Å². The largest absolute Gasteiger partial charge is 0.502 e. The molecule has 7 heteroatoms. The molecule has 7 nitrogen and oxygen atoms in total. The Morgan fingerprint density at radius 3 is 2.59 bits per heavy atom. The molecule has 2 N–H and O–H groups in total. The van der Waals surface area contributed by atoms with Crippen LogP contribution in [0.25, 0.3) is 11.0 Å². The fourth-order valence-electron chi connectivity index (χ4n) is 1.84. The highest BCUT2D eigenvalue weighted by molar-refractivity contribution is 5.89. The van der Waals surface area contributed by atoms with E-state index in [-0.39, 0.29) is 23.0 Å². The fraction of sp³-hybridized carbons (Fsp3) is 0.333. The number of esters is 1. The van der Waals surface area contributed by atoms with Crippen LogP contribution in [-0.2, 0) is 4.79 Å². The Morgan fingerprint density at radius 2 is 2.00 bits per heavy atom. The number of ether oxygens (including phenoxy) is 2. The summed E-state index contributed by atoms with van der Waals surface area (Å²) in [6, 6.07) is 4.08. The van der Waals surface area contributed by atoms with Crippen molar-refractivity contribution in [3.05, 3.63) is 28.6 Å². The Bertz CT molecular complexity index is 760. The lowest BCUT2D eigenvalue weighted by atomic mass is 10.1. The van der Waals surface area contributed by atoms with Gasteiger partial charge in [0.1, 0.15) is 0 Å². The van der Waals surface area contributed by atoms with Crippen LogP contribution in [0.5, 0.6) is 17.2 Å². The Balaban J connectivity index is 2.54. The number of phenols is 1. The molecular formula is C15H16O7. The summed E-state index contributed by atoms with van der Waals surface area (Å²) in [6.45, 7) is 3.28. The minimum Gasteiger partial charge on any atom is -0.502 e. The molecule has 0 saturated heterocycles. The first kappa shape index (κ1) is 15.8. The summed E-state index contributed by atoms with van der Waals surface area (Å²) in [5, 5.41) is 20.3. The van der Waals surface area contributed by atoms with Crippen LogP contribution >= 0.6 is 0 Å². The van der Waals surface area contributed by atoms with Gasteiger partial charge in [-0.3, -0.25) is 0 Å². The van der Waals surface area contributed by atoms with Gasteiger partial charge in [-0.15, -0.1) is 0 Å². The van der Waals surface area contributed by atoms with Gasteiger partial charge in [0.15, 0.2) is 17.4 Å². The number of aromatic hydroxyl groups is 1. The number of aliphatic hydroxyl groups is 1. The summed E-state index contributed by atoms with van der Waals surface area (Å²) in [4.78, 5) is 23.1. The highest BCUT2D eigenvalue weighted by atomic mass is 16.6. The van der Waals surface area contributed by atoms with Gasteiger partial charge in [0.05, 0.1) is 7.11 Å². The van der Waals surface area contributed by atoms with Crippen molar-refractivity contribution < 1.29 is 28.9 Å². The van der Waals surface area contributed by atoms with Gasteiger partial charge in [0.2, 0.25) is 11.5 Å². The van der Waals surface area contributed by atoms with Crippen molar-refractivity contribution in [3.8, 4) is 17.2 Å². The summed E-state index contributed by atoms with van der Waals surface area (Å²) in [5.41, 5.74) is -0.789. The lowest BCUT2D eigenvalue weighted by Crippen LogP contribution is -2.30. The maximum Gasteiger partial charge on any atom is 0.340 e. The van der Waals surface area contributed by atoms with Crippen molar-refractivity contribution in [3.63, 3.8) is 0 Å². The van der Waals surface area contributed by atoms with E-state index in [4.69, 9.17) is 13.9 Å². The van der Waals surface area contributed by atoms with Crippen LogP contribution in [0, 0.1) is 5.92 Å². The second-order valence-corrected chi connectivity index (χ2v) is 5.04. The first-order valence-electron chi connectivity index (χ1n) is 6.58. The zero-order chi connectivity index (χ0) is 16.4. The molecule has 2 aromatic rings. The maximum atomic E-state index is 11.8. The second-order valence-electron chi connectivity index (χ2n) is 5.04. The van der Waals surface area contributed by atoms with E-state index in [1.54, 1.807) is 13.8 Å². The van der Waals surface area contributed by atoms with E-state index in [0.717, 1.165) is 0 Å². The van der Waals surface area contributed by atoms with Gasteiger partial charge in [-0.2, -0.15) is 0 Å². The quantitative estimate of drug-likeness (QED) is 0.500. The molecule has 0 aliphatic rings. The van der Waals surface area contributed by atoms with Crippen LogP contribution < -0.4 is 15.1 Å². The van der Waals surface area contributed by atoms with E-state index in [9.17, 15) is 19.8 Å². The number of methoxy groups -OCH3 is 1. The monoisotopic (exact) mass is 308 g/mol. The maximum absolute atomic E-state index is 11.8. The summed E-state index contributed by atoms with van der Waals surface area (Å²) in [6.07, 6.45) is -1.36. The first-order valence-corrected chi connectivity index (χ1v) is 6.58. The first-order chi connectivity index (χ1) is 10.3. The summed E-state index contributed by atoms with van der Waals surface area (Å²) in [7, 11) is 1.33. The zero-order valence-corrected chi connectivity index (χ0v) is 12.3. The van der Waals surface area contributed by atoms with Gasteiger partial charge in [-0.25, -0.2) is 9.59 Å². The third kappa shape index (κ3) is 2.89. The van der Waals surface area contributed by atoms with Crippen LogP contribution in [0.2, 0.25) is 0 Å². The number of hydrogen-bond donors (Lipinski definition) is 2. The Morgan fingerprint density at radius 1 is 1.32 bits per heavy atom. The number of benzene rings is 1. The minimum atomic E-state index is -1.36. The van der Waals surface area contributed by atoms with Gasteiger partial charge in [-0.1, -0.05) is 13.8 Å². The van der Waals surface area contributed by atoms with Gasteiger partial charge in [0.25, 0.3) is 0 Å². The molecule has 0 aliphatic carbocycles. The third-order valence-electron chi connectivity index (χ3n) is 3.10. The molecule has 1 aromatic carbocycles. The van der Waals surface area contributed by atoms with Crippen molar-refractivity contribution in [2.24, 2.45) is 5.92 Å². The van der Waals surface area contributed by atoms with E-state index in [2.05, 4.69) is 0 Å². The molecular weight excluding hydrogens is 292 g/mol. The van der Waals surface area contributed by atoms with E-state index < -0.39 is 23.4 Å². The van der Waals surface area contributed by atoms with Crippen molar-refractivity contribution in [2.45, 2.75) is 20.0 Å². The number of phenolic OH excluding ortho intramolecular Hbond substituents is 1. The molecule has 2 rings (SSSR count). The normalized spacial score (nSPS) is 12.4. The van der Waals surface area contributed by atoms with E-state index >= 15 is 0 Å². The van der Waals surface area contributed by atoms with Gasteiger partial charge in [-0.05, 0) is 18.1 Å². The third-order valence-corrected chi connectivity index (χ3v) is 3.10. The van der Waals surface area contributed by atoms with Gasteiger partial charge >= 0.3 is 11.6 Å². The molecule has 0 bridgehead atoms. The lowest BCUT2D eigenvalue weighted by Gasteiger charge is -2.16. The highest BCUT2D eigenvalue weighted by Crippen LogP contribution is 2.42. The molecule has 1 aromatic heterocycles. The predicted octanol–water partition coefficient (Wildman–Crippen LogP) is 1.43. The number of carbonyl (C=O) groups is 1. The minimum absolute atomic E-state index is 0.0724. The number of hydrogen-bond acceptors (Lipinski definition) is 7. The number of aliphatic hydroxyl groups excluding tert-OH is 1.